The molecule has 1 N–H and O–H groups in total. The summed E-state index contributed by atoms with van der Waals surface area (Å²) >= 11 is 0. The average molecular weight is 240 g/mol. The zero-order valence-corrected chi connectivity index (χ0v) is 10.6. The van der Waals surface area contributed by atoms with Crippen LogP contribution in [0, 0.1) is 0 Å². The number of hydrogen-bond acceptors (Lipinski definition) is 6. The Morgan fingerprint density at radius 3 is 2.71 bits per heavy atom. The molecule has 6 heteroatoms. The molecule has 2 atom stereocenters. The number of nitrogens with zero attached hydrogens (tertiary/aromatic N) is 3. The minimum atomic E-state index is -0.147. The smallest absolute Gasteiger partial charge is 0.255 e. The summed E-state index contributed by atoms with van der Waals surface area (Å²) in [6.07, 6.45) is -0.147. The molecule has 1 aromatic heterocycles. The van der Waals surface area contributed by atoms with Gasteiger partial charge in [0.15, 0.2) is 5.82 Å². The van der Waals surface area contributed by atoms with Crippen molar-refractivity contribution in [3.63, 3.8) is 0 Å². The van der Waals surface area contributed by atoms with Crippen LogP contribution in [0.4, 0.5) is 0 Å². The monoisotopic (exact) mass is 240 g/mol. The summed E-state index contributed by atoms with van der Waals surface area (Å²) in [4.78, 5) is 6.74. The van der Waals surface area contributed by atoms with Crippen molar-refractivity contribution in [2.75, 3.05) is 33.3 Å². The number of piperazine rings is 1. The fourth-order valence-corrected chi connectivity index (χ4v) is 1.92. The Morgan fingerprint density at radius 2 is 2.06 bits per heavy atom. The maximum absolute atomic E-state index is 5.20. The highest BCUT2D eigenvalue weighted by Crippen LogP contribution is 2.20. The third-order valence-electron chi connectivity index (χ3n) is 3.23. The third-order valence-corrected chi connectivity index (χ3v) is 3.23. The molecule has 0 amide bonds. The standard InChI is InChI=1S/C11H20N4O2/c1-8(15-6-4-12-5-7-15)10-13-11(17-14-10)9(2)16-3/h8-9,12H,4-7H2,1-3H3. The summed E-state index contributed by atoms with van der Waals surface area (Å²) < 4.78 is 10.4. The van der Waals surface area contributed by atoms with Gasteiger partial charge in [-0.3, -0.25) is 4.90 Å². The molecule has 0 aromatic carbocycles. The fourth-order valence-electron chi connectivity index (χ4n) is 1.92. The largest absolute Gasteiger partial charge is 0.372 e. The first-order valence-corrected chi connectivity index (χ1v) is 6.03. The zero-order valence-electron chi connectivity index (χ0n) is 10.6. The molecule has 0 spiro atoms. The lowest BCUT2D eigenvalue weighted by Gasteiger charge is -2.30. The van der Waals surface area contributed by atoms with Crippen LogP contribution in [0.3, 0.4) is 0 Å². The lowest BCUT2D eigenvalue weighted by atomic mass is 10.2. The van der Waals surface area contributed by atoms with Crippen LogP contribution in [-0.2, 0) is 4.74 Å². The van der Waals surface area contributed by atoms with Gasteiger partial charge in [-0.2, -0.15) is 4.98 Å². The van der Waals surface area contributed by atoms with Crippen LogP contribution in [-0.4, -0.2) is 48.3 Å². The summed E-state index contributed by atoms with van der Waals surface area (Å²) in [5, 5.41) is 7.36. The van der Waals surface area contributed by atoms with Gasteiger partial charge in [0.25, 0.3) is 5.89 Å². The van der Waals surface area contributed by atoms with Gasteiger partial charge in [-0.25, -0.2) is 0 Å². The van der Waals surface area contributed by atoms with Crippen molar-refractivity contribution in [3.8, 4) is 0 Å². The first-order valence-electron chi connectivity index (χ1n) is 6.03. The molecule has 0 saturated carbocycles. The predicted molar refractivity (Wildman–Crippen MR) is 62.6 cm³/mol. The number of nitrogens with one attached hydrogen (secondary N) is 1. The Hall–Kier alpha value is -0.980. The van der Waals surface area contributed by atoms with Gasteiger partial charge in [0.05, 0.1) is 6.04 Å². The van der Waals surface area contributed by atoms with E-state index in [1.54, 1.807) is 7.11 Å². The normalized spacial score (nSPS) is 21.4. The quantitative estimate of drug-likeness (QED) is 0.837. The van der Waals surface area contributed by atoms with Gasteiger partial charge >= 0.3 is 0 Å². The molecule has 2 heterocycles. The summed E-state index contributed by atoms with van der Waals surface area (Å²) in [6.45, 7) is 8.08. The Morgan fingerprint density at radius 1 is 1.35 bits per heavy atom. The highest BCUT2D eigenvalue weighted by Gasteiger charge is 2.23. The summed E-state index contributed by atoms with van der Waals surface area (Å²) in [7, 11) is 1.63. The number of rotatable bonds is 4. The molecule has 1 aliphatic heterocycles. The van der Waals surface area contributed by atoms with E-state index in [1.165, 1.54) is 0 Å². The maximum Gasteiger partial charge on any atom is 0.255 e. The Bertz CT molecular complexity index is 349. The molecule has 0 bridgehead atoms. The lowest BCUT2D eigenvalue weighted by molar-refractivity contribution is 0.0885. The Balaban J connectivity index is 2.03. The van der Waals surface area contributed by atoms with Gasteiger partial charge in [-0.05, 0) is 13.8 Å². The summed E-state index contributed by atoms with van der Waals surface area (Å²) in [5.41, 5.74) is 0. The average Bonchev–Trinajstić information content (AvgIpc) is 2.87. The molecule has 0 radical (unpaired) electrons. The molecule has 0 aliphatic carbocycles. The van der Waals surface area contributed by atoms with Crippen molar-refractivity contribution < 1.29 is 9.26 Å². The van der Waals surface area contributed by atoms with Crippen LogP contribution in [0.1, 0.15) is 37.7 Å². The molecule has 1 aliphatic rings. The van der Waals surface area contributed by atoms with E-state index in [9.17, 15) is 0 Å². The van der Waals surface area contributed by atoms with E-state index < -0.39 is 0 Å². The molecule has 2 unspecified atom stereocenters. The van der Waals surface area contributed by atoms with E-state index >= 15 is 0 Å². The number of aromatic nitrogens is 2. The van der Waals surface area contributed by atoms with Crippen molar-refractivity contribution in [3.05, 3.63) is 11.7 Å². The van der Waals surface area contributed by atoms with E-state index in [1.807, 2.05) is 6.92 Å². The van der Waals surface area contributed by atoms with Crippen molar-refractivity contribution in [2.45, 2.75) is 26.0 Å². The van der Waals surface area contributed by atoms with Gasteiger partial charge in [0.2, 0.25) is 0 Å². The first kappa shape index (κ1) is 12.5. The van der Waals surface area contributed by atoms with Gasteiger partial charge in [0.1, 0.15) is 6.10 Å². The van der Waals surface area contributed by atoms with Crippen LogP contribution in [0.2, 0.25) is 0 Å². The van der Waals surface area contributed by atoms with Crippen molar-refractivity contribution in [2.24, 2.45) is 0 Å². The third kappa shape index (κ3) is 2.83. The van der Waals surface area contributed by atoms with Crippen molar-refractivity contribution >= 4 is 0 Å². The molecule has 2 rings (SSSR count). The summed E-state index contributed by atoms with van der Waals surface area (Å²) in [5.74, 6) is 1.29. The van der Waals surface area contributed by atoms with E-state index in [2.05, 4.69) is 27.3 Å². The molecule has 96 valence electrons. The summed E-state index contributed by atoms with van der Waals surface area (Å²) in [6, 6.07) is 0.193. The van der Waals surface area contributed by atoms with Gasteiger partial charge in [0, 0.05) is 33.3 Å². The van der Waals surface area contributed by atoms with Crippen molar-refractivity contribution in [1.29, 1.82) is 0 Å². The van der Waals surface area contributed by atoms with Crippen LogP contribution in [0.5, 0.6) is 0 Å². The molecular weight excluding hydrogens is 220 g/mol. The Kier molecular flexibility index (Phi) is 4.09. The second kappa shape index (κ2) is 5.57. The molecule has 17 heavy (non-hydrogen) atoms. The van der Waals surface area contributed by atoms with Crippen LogP contribution in [0.15, 0.2) is 4.52 Å². The van der Waals surface area contributed by atoms with Crippen LogP contribution >= 0.6 is 0 Å². The molecule has 1 fully saturated rings. The predicted octanol–water partition coefficient (Wildman–Crippen LogP) is 0.743. The van der Waals surface area contributed by atoms with Crippen molar-refractivity contribution in [1.82, 2.24) is 20.4 Å². The van der Waals surface area contributed by atoms with Crippen LogP contribution < -0.4 is 5.32 Å². The maximum atomic E-state index is 5.20. The Labute approximate surface area is 101 Å². The minimum absolute atomic E-state index is 0.147. The second-order valence-corrected chi connectivity index (χ2v) is 4.33. The van der Waals surface area contributed by atoms with Crippen LogP contribution in [0.25, 0.3) is 0 Å². The lowest BCUT2D eigenvalue weighted by Crippen LogP contribution is -2.44. The zero-order chi connectivity index (χ0) is 12.3. The number of ether oxygens (including phenoxy) is 1. The van der Waals surface area contributed by atoms with E-state index in [-0.39, 0.29) is 12.1 Å². The van der Waals surface area contributed by atoms with Gasteiger partial charge in [-0.1, -0.05) is 5.16 Å². The fraction of sp³-hybridized carbons (Fsp3) is 0.818. The number of methoxy groups -OCH3 is 1. The highest BCUT2D eigenvalue weighted by molar-refractivity contribution is 4.95. The SMILES string of the molecule is COC(C)c1nc(C(C)N2CCNCC2)no1. The van der Waals surface area contributed by atoms with E-state index in [0.717, 1.165) is 32.0 Å². The first-order chi connectivity index (χ1) is 8.22. The molecule has 6 nitrogen and oxygen atoms in total. The second-order valence-electron chi connectivity index (χ2n) is 4.33. The van der Waals surface area contributed by atoms with Gasteiger partial charge in [-0.15, -0.1) is 0 Å². The van der Waals surface area contributed by atoms with E-state index in [0.29, 0.717) is 5.89 Å². The molecule has 1 saturated heterocycles. The molecule has 1 aromatic rings. The minimum Gasteiger partial charge on any atom is -0.372 e. The highest BCUT2D eigenvalue weighted by atomic mass is 16.5. The van der Waals surface area contributed by atoms with Gasteiger partial charge < -0.3 is 14.6 Å². The number of hydrogen-bond donors (Lipinski definition) is 1. The topological polar surface area (TPSA) is 63.4 Å². The van der Waals surface area contributed by atoms with E-state index in [4.69, 9.17) is 9.26 Å². The molecular formula is C11H20N4O2.